The minimum atomic E-state index is -0.0193. The van der Waals surface area contributed by atoms with Crippen LogP contribution in [0.3, 0.4) is 0 Å². The molecule has 1 amide bonds. The van der Waals surface area contributed by atoms with Gasteiger partial charge < -0.3 is 14.5 Å². The third-order valence-corrected chi connectivity index (χ3v) is 6.01. The molecule has 0 unspecified atom stereocenters. The quantitative estimate of drug-likeness (QED) is 0.390. The highest BCUT2D eigenvalue weighted by Crippen LogP contribution is 2.40. The largest absolute Gasteiger partial charge is 0.496 e. The molecule has 0 saturated carbocycles. The van der Waals surface area contributed by atoms with Gasteiger partial charge in [0.15, 0.2) is 0 Å². The molecule has 4 aromatic carbocycles. The lowest BCUT2D eigenvalue weighted by Crippen LogP contribution is -2.30. The first-order valence-corrected chi connectivity index (χ1v) is 10.6. The van der Waals surface area contributed by atoms with Gasteiger partial charge in [0.2, 0.25) is 0 Å². The van der Waals surface area contributed by atoms with Gasteiger partial charge in [-0.2, -0.15) is 0 Å². The first kappa shape index (κ1) is 19.9. The number of ether oxygens (including phenoxy) is 1. The fraction of sp³-hybridized carbons (Fsp3) is 0.107. The molecule has 1 aliphatic rings. The van der Waals surface area contributed by atoms with E-state index in [4.69, 9.17) is 4.74 Å². The number of methoxy groups -OCH3 is 1. The summed E-state index contributed by atoms with van der Waals surface area (Å²) in [5.74, 6) is 0.793. The van der Waals surface area contributed by atoms with Gasteiger partial charge in [0, 0.05) is 23.9 Å². The van der Waals surface area contributed by atoms with Crippen molar-refractivity contribution in [3.63, 3.8) is 0 Å². The van der Waals surface area contributed by atoms with Crippen molar-refractivity contribution < 1.29 is 9.53 Å². The molecule has 1 aliphatic heterocycles. The summed E-state index contributed by atoms with van der Waals surface area (Å²) in [5, 5.41) is 0. The zero-order valence-electron chi connectivity index (χ0n) is 18.2. The van der Waals surface area contributed by atoms with E-state index in [9.17, 15) is 4.79 Å². The van der Waals surface area contributed by atoms with Crippen molar-refractivity contribution in [2.75, 3.05) is 24.0 Å². The molecule has 1 heterocycles. The zero-order chi connectivity index (χ0) is 22.1. The predicted molar refractivity (Wildman–Crippen MR) is 130 cm³/mol. The number of para-hydroxylation sites is 4. The van der Waals surface area contributed by atoms with Gasteiger partial charge >= 0.3 is 0 Å². The second kappa shape index (κ2) is 8.23. The van der Waals surface area contributed by atoms with E-state index in [1.165, 1.54) is 0 Å². The molecule has 4 aromatic rings. The summed E-state index contributed by atoms with van der Waals surface area (Å²) in [4.78, 5) is 17.7. The number of nitrogens with zero attached hydrogens (tertiary/aromatic N) is 2. The van der Waals surface area contributed by atoms with Gasteiger partial charge in [-0.05, 0) is 47.5 Å². The Morgan fingerprint density at radius 3 is 2.12 bits per heavy atom. The molecule has 4 nitrogen and oxygen atoms in total. The number of hydrogen-bond acceptors (Lipinski definition) is 3. The number of benzene rings is 4. The molecular weight excluding hydrogens is 396 g/mol. The molecule has 0 fully saturated rings. The number of carbonyl (C=O) groups is 1. The Balaban J connectivity index is 1.53. The van der Waals surface area contributed by atoms with Crippen molar-refractivity contribution in [1.82, 2.24) is 0 Å². The molecule has 0 saturated heterocycles. The maximum absolute atomic E-state index is 13.7. The van der Waals surface area contributed by atoms with Crippen LogP contribution in [0.4, 0.5) is 17.1 Å². The molecule has 0 bridgehead atoms. The van der Waals surface area contributed by atoms with Crippen LogP contribution in [0.2, 0.25) is 0 Å². The van der Waals surface area contributed by atoms with Gasteiger partial charge in [-0.1, -0.05) is 60.7 Å². The molecule has 32 heavy (non-hydrogen) atoms. The molecule has 0 spiro atoms. The Morgan fingerprint density at radius 2 is 1.38 bits per heavy atom. The average molecular weight is 421 g/mol. The molecule has 4 heteroatoms. The van der Waals surface area contributed by atoms with E-state index in [2.05, 4.69) is 23.1 Å². The maximum atomic E-state index is 13.7. The highest BCUT2D eigenvalue weighted by molar-refractivity contribution is 6.08. The Bertz CT molecular complexity index is 1280. The summed E-state index contributed by atoms with van der Waals surface area (Å²) in [6.45, 7) is 0.518. The number of hydrogen-bond donors (Lipinski definition) is 0. The van der Waals surface area contributed by atoms with Gasteiger partial charge in [-0.15, -0.1) is 0 Å². The van der Waals surface area contributed by atoms with Crippen molar-refractivity contribution in [2.24, 2.45) is 0 Å². The second-order valence-electron chi connectivity index (χ2n) is 7.85. The van der Waals surface area contributed by atoms with E-state index in [1.54, 1.807) is 7.11 Å². The van der Waals surface area contributed by atoms with E-state index in [0.717, 1.165) is 39.5 Å². The summed E-state index contributed by atoms with van der Waals surface area (Å²) in [5.41, 5.74) is 6.82. The highest BCUT2D eigenvalue weighted by atomic mass is 16.5. The van der Waals surface area contributed by atoms with E-state index in [0.29, 0.717) is 12.1 Å². The summed E-state index contributed by atoms with van der Waals surface area (Å²) in [6.07, 6.45) is 0. The van der Waals surface area contributed by atoms with Gasteiger partial charge in [0.1, 0.15) is 5.75 Å². The van der Waals surface area contributed by atoms with E-state index in [-0.39, 0.29) is 5.91 Å². The summed E-state index contributed by atoms with van der Waals surface area (Å²) in [6, 6.07) is 32.0. The third-order valence-electron chi connectivity index (χ3n) is 6.01. The minimum absolute atomic E-state index is 0.0193. The monoisotopic (exact) mass is 420 g/mol. The number of anilines is 3. The van der Waals surface area contributed by atoms with Crippen LogP contribution in [0.15, 0.2) is 97.1 Å². The van der Waals surface area contributed by atoms with Crippen molar-refractivity contribution in [3.05, 3.63) is 108 Å². The summed E-state index contributed by atoms with van der Waals surface area (Å²) < 4.78 is 5.49. The van der Waals surface area contributed by atoms with Gasteiger partial charge in [0.05, 0.1) is 25.0 Å². The number of carbonyl (C=O) groups excluding carboxylic acids is 1. The molecule has 0 N–H and O–H groups in total. The summed E-state index contributed by atoms with van der Waals surface area (Å²) >= 11 is 0. The zero-order valence-corrected chi connectivity index (χ0v) is 18.2. The number of rotatable bonds is 3. The standard InChI is InChI=1S/C28H24N2O2/c1-29-24-11-5-3-9-22(24)19-30(26-13-7-6-12-25(26)29)28(31)21-17-15-20(16-18-21)23-10-4-8-14-27(23)32-2/h3-18H,19H2,1-2H3. The van der Waals surface area contributed by atoms with Crippen LogP contribution in [-0.4, -0.2) is 20.1 Å². The molecule has 0 aromatic heterocycles. The normalized spacial score (nSPS) is 12.6. The SMILES string of the molecule is COc1ccccc1-c1ccc(C(=O)N2Cc3ccccc3N(C)c3ccccc32)cc1. The van der Waals surface area contributed by atoms with Crippen molar-refractivity contribution in [3.8, 4) is 16.9 Å². The van der Waals surface area contributed by atoms with E-state index < -0.39 is 0 Å². The fourth-order valence-corrected chi connectivity index (χ4v) is 4.35. The second-order valence-corrected chi connectivity index (χ2v) is 7.85. The van der Waals surface area contributed by atoms with Gasteiger partial charge in [-0.3, -0.25) is 4.79 Å². The highest BCUT2D eigenvalue weighted by Gasteiger charge is 2.27. The van der Waals surface area contributed by atoms with Crippen LogP contribution in [0, 0.1) is 0 Å². The first-order chi connectivity index (χ1) is 15.7. The lowest BCUT2D eigenvalue weighted by Gasteiger charge is -2.24. The van der Waals surface area contributed by atoms with Gasteiger partial charge in [-0.25, -0.2) is 0 Å². The molecule has 158 valence electrons. The van der Waals surface area contributed by atoms with Gasteiger partial charge in [0.25, 0.3) is 5.91 Å². The Kier molecular flexibility index (Phi) is 5.12. The smallest absolute Gasteiger partial charge is 0.258 e. The van der Waals surface area contributed by atoms with Crippen LogP contribution in [0.1, 0.15) is 15.9 Å². The molecule has 0 aliphatic carbocycles. The van der Waals surface area contributed by atoms with Crippen LogP contribution in [0.5, 0.6) is 5.75 Å². The lowest BCUT2D eigenvalue weighted by atomic mass is 10.0. The minimum Gasteiger partial charge on any atom is -0.496 e. The Morgan fingerprint density at radius 1 is 0.750 bits per heavy atom. The van der Waals surface area contributed by atoms with Crippen LogP contribution in [0.25, 0.3) is 11.1 Å². The number of fused-ring (bicyclic) bond motifs is 2. The van der Waals surface area contributed by atoms with Crippen LogP contribution >= 0.6 is 0 Å². The molecule has 0 atom stereocenters. The first-order valence-electron chi connectivity index (χ1n) is 10.6. The van der Waals surface area contributed by atoms with Crippen LogP contribution < -0.4 is 14.5 Å². The Hall–Kier alpha value is -4.05. The fourth-order valence-electron chi connectivity index (χ4n) is 4.35. The van der Waals surface area contributed by atoms with Crippen molar-refractivity contribution in [2.45, 2.75) is 6.54 Å². The molecule has 0 radical (unpaired) electrons. The molecular formula is C28H24N2O2. The van der Waals surface area contributed by atoms with E-state index in [1.807, 2.05) is 90.8 Å². The maximum Gasteiger partial charge on any atom is 0.258 e. The molecule has 5 rings (SSSR count). The van der Waals surface area contributed by atoms with E-state index >= 15 is 0 Å². The Labute approximate surface area is 188 Å². The number of amides is 1. The average Bonchev–Trinajstić information content (AvgIpc) is 2.98. The summed E-state index contributed by atoms with van der Waals surface area (Å²) in [7, 11) is 3.72. The lowest BCUT2D eigenvalue weighted by molar-refractivity contribution is 0.0985. The third kappa shape index (κ3) is 3.40. The predicted octanol–water partition coefficient (Wildman–Crippen LogP) is 6.29. The van der Waals surface area contributed by atoms with Crippen molar-refractivity contribution in [1.29, 1.82) is 0 Å². The topological polar surface area (TPSA) is 32.8 Å². The van der Waals surface area contributed by atoms with Crippen LogP contribution in [-0.2, 0) is 6.54 Å². The van der Waals surface area contributed by atoms with Crippen molar-refractivity contribution >= 4 is 23.0 Å².